The van der Waals surface area contributed by atoms with Gasteiger partial charge in [0.2, 0.25) is 0 Å². The van der Waals surface area contributed by atoms with Gasteiger partial charge in [0.15, 0.2) is 11.6 Å². The average molecular weight is 1040 g/mol. The van der Waals surface area contributed by atoms with Crippen molar-refractivity contribution in [2.24, 2.45) is 42.1 Å². The third-order valence-corrected chi connectivity index (χ3v) is 11.8. The molecule has 0 aliphatic heterocycles. The Hall–Kier alpha value is -3.51. The molecule has 0 bridgehead atoms. The Labute approximate surface area is 376 Å². The molecule has 3 aromatic rings. The van der Waals surface area contributed by atoms with E-state index in [4.69, 9.17) is 25.4 Å². The minimum Gasteiger partial charge on any atom is -0.289 e. The fraction of sp³-hybridized carbons (Fsp3) is 0.340. The summed E-state index contributed by atoms with van der Waals surface area (Å²) in [4.78, 5) is 33.3. The summed E-state index contributed by atoms with van der Waals surface area (Å²) in [7, 11) is 0. The Morgan fingerprint density at radius 2 is 0.793 bits per heavy atom. The lowest BCUT2D eigenvalue weighted by Crippen LogP contribution is -2.28. The van der Waals surface area contributed by atoms with Crippen molar-refractivity contribution in [3.8, 4) is 0 Å². The van der Waals surface area contributed by atoms with Crippen LogP contribution in [0.2, 0.25) is 0 Å². The highest BCUT2D eigenvalue weighted by Gasteiger charge is 2.36. The van der Waals surface area contributed by atoms with E-state index in [2.05, 4.69) is 63.7 Å². The highest BCUT2D eigenvalue weighted by atomic mass is 79.9. The zero-order valence-corrected chi connectivity index (χ0v) is 41.4. The number of pyridine rings is 1. The Morgan fingerprint density at radius 3 is 1.07 bits per heavy atom. The second kappa shape index (κ2) is 17.2. The van der Waals surface area contributed by atoms with Crippen molar-refractivity contribution in [1.29, 1.82) is 0 Å². The Bertz CT molecular complexity index is 2210. The second-order valence-corrected chi connectivity index (χ2v) is 22.0. The number of benzene rings is 2. The van der Waals surface area contributed by atoms with Crippen LogP contribution in [0.3, 0.4) is 0 Å². The number of nitrogens with zero attached hydrogens (tertiary/aromatic N) is 5. The molecule has 1 aromatic heterocycles. The van der Waals surface area contributed by atoms with Crippen LogP contribution < -0.4 is 0 Å². The van der Waals surface area contributed by atoms with Gasteiger partial charge in [0.1, 0.15) is 11.4 Å². The third kappa shape index (κ3) is 10.6. The van der Waals surface area contributed by atoms with Crippen LogP contribution in [-0.2, 0) is 9.59 Å². The average Bonchev–Trinajstić information content (AvgIpc) is 3.09. The van der Waals surface area contributed by atoms with E-state index in [9.17, 15) is 9.59 Å². The maximum Gasteiger partial charge on any atom is 0.186 e. The van der Waals surface area contributed by atoms with Crippen LogP contribution in [0.1, 0.15) is 94.5 Å². The molecule has 0 fully saturated rings. The standard InChI is InChI=1S/C47H49Br4N5O2/c1-44(2,3)30-20-26(21-31(42(30)57)45(4,5)6)40(55-53-36-18-16-28(48)24-34(36)50)38-14-13-15-39(52-38)41(56-54-37-19-17-29(49)25-35(37)51)27-22-32(46(7,8)9)43(58)33(23-27)47(10,11)12/h13-25H,1-12H3. The monoisotopic (exact) mass is 1030 g/mol. The van der Waals surface area contributed by atoms with E-state index in [0.717, 1.165) is 17.9 Å². The normalized spacial score (nSPS) is 15.9. The molecule has 302 valence electrons. The quantitative estimate of drug-likeness (QED) is 0.230. The maximum atomic E-state index is 14.0. The van der Waals surface area contributed by atoms with Crippen LogP contribution in [0.5, 0.6) is 0 Å². The molecule has 0 saturated heterocycles. The molecule has 0 amide bonds. The molecule has 2 aromatic carbocycles. The summed E-state index contributed by atoms with van der Waals surface area (Å²) >= 11 is 14.3. The first kappa shape index (κ1) is 45.6. The number of hydrogen-bond donors (Lipinski definition) is 0. The van der Waals surface area contributed by atoms with Crippen molar-refractivity contribution < 1.29 is 9.59 Å². The number of allylic oxidation sites excluding steroid dienone is 10. The molecule has 0 radical (unpaired) electrons. The molecule has 2 aliphatic carbocycles. The Balaban J connectivity index is 1.88. The molecule has 0 atom stereocenters. The first-order valence-electron chi connectivity index (χ1n) is 18.9. The fourth-order valence-corrected chi connectivity index (χ4v) is 8.56. The lowest BCUT2D eigenvalue weighted by molar-refractivity contribution is -0.114. The second-order valence-electron chi connectivity index (χ2n) is 18.5. The van der Waals surface area contributed by atoms with E-state index >= 15 is 0 Å². The van der Waals surface area contributed by atoms with Crippen molar-refractivity contribution in [1.82, 2.24) is 4.98 Å². The van der Waals surface area contributed by atoms with Crippen LogP contribution in [0.4, 0.5) is 11.4 Å². The molecular formula is C47H49Br4N5O2. The number of hydrogen-bond acceptors (Lipinski definition) is 7. The zero-order chi connectivity index (χ0) is 43.1. The molecule has 2 aliphatic rings. The molecule has 0 spiro atoms. The van der Waals surface area contributed by atoms with Gasteiger partial charge in [-0.1, -0.05) is 121 Å². The van der Waals surface area contributed by atoms with Crippen molar-refractivity contribution in [3.63, 3.8) is 0 Å². The molecular weight excluding hydrogens is 986 g/mol. The van der Waals surface area contributed by atoms with Gasteiger partial charge in [0.05, 0.1) is 22.8 Å². The summed E-state index contributed by atoms with van der Waals surface area (Å²) in [6, 6.07) is 17.0. The highest BCUT2D eigenvalue weighted by molar-refractivity contribution is 9.11. The van der Waals surface area contributed by atoms with Gasteiger partial charge in [-0.15, -0.1) is 20.5 Å². The van der Waals surface area contributed by atoms with Crippen LogP contribution in [-0.4, -0.2) is 16.6 Å². The number of Topliss-reactive ketones (excluding diaryl/α,β-unsaturated/α-hetero) is 2. The summed E-state index contributed by atoms with van der Waals surface area (Å²) in [5.41, 5.74) is 5.50. The molecule has 1 heterocycles. The van der Waals surface area contributed by atoms with Gasteiger partial charge < -0.3 is 0 Å². The molecule has 58 heavy (non-hydrogen) atoms. The van der Waals surface area contributed by atoms with Crippen LogP contribution in [0.25, 0.3) is 11.4 Å². The molecule has 11 heteroatoms. The Morgan fingerprint density at radius 1 is 0.483 bits per heavy atom. The smallest absolute Gasteiger partial charge is 0.186 e. The van der Waals surface area contributed by atoms with Gasteiger partial charge in [0, 0.05) is 51.3 Å². The topological polar surface area (TPSA) is 96.5 Å². The van der Waals surface area contributed by atoms with Gasteiger partial charge >= 0.3 is 0 Å². The number of carbonyl (C=O) groups excluding carboxylic acids is 2. The van der Waals surface area contributed by atoms with Crippen LogP contribution in [0.15, 0.2) is 151 Å². The Kier molecular flexibility index (Phi) is 13.5. The van der Waals surface area contributed by atoms with Gasteiger partial charge in [-0.2, -0.15) is 0 Å². The number of rotatable bonds is 6. The summed E-state index contributed by atoms with van der Waals surface area (Å²) in [5, 5.41) is 19.3. The largest absolute Gasteiger partial charge is 0.289 e. The van der Waals surface area contributed by atoms with Gasteiger partial charge in [-0.3, -0.25) is 9.59 Å². The lowest BCUT2D eigenvalue weighted by Gasteiger charge is -2.31. The molecule has 0 N–H and O–H groups in total. The third-order valence-electron chi connectivity index (χ3n) is 9.53. The number of azo groups is 2. The molecule has 0 saturated carbocycles. The van der Waals surface area contributed by atoms with E-state index in [0.29, 0.717) is 67.6 Å². The van der Waals surface area contributed by atoms with Gasteiger partial charge in [-0.05, 0) is 126 Å². The van der Waals surface area contributed by atoms with Gasteiger partial charge in [0.25, 0.3) is 0 Å². The van der Waals surface area contributed by atoms with E-state index in [1.807, 2.05) is 162 Å². The lowest BCUT2D eigenvalue weighted by atomic mass is 9.71. The summed E-state index contributed by atoms with van der Waals surface area (Å²) in [6.45, 7) is 24.5. The predicted molar refractivity (Wildman–Crippen MR) is 251 cm³/mol. The van der Waals surface area contributed by atoms with Gasteiger partial charge in [-0.25, -0.2) is 4.98 Å². The first-order chi connectivity index (χ1) is 26.8. The zero-order valence-electron chi connectivity index (χ0n) is 35.1. The minimum absolute atomic E-state index is 0.0126. The van der Waals surface area contributed by atoms with Crippen LogP contribution >= 0.6 is 63.7 Å². The number of carbonyl (C=O) groups is 2. The molecule has 5 rings (SSSR count). The predicted octanol–water partition coefficient (Wildman–Crippen LogP) is 16.2. The number of halogens is 4. The van der Waals surface area contributed by atoms with E-state index in [-0.39, 0.29) is 11.6 Å². The first-order valence-corrected chi connectivity index (χ1v) is 22.1. The minimum atomic E-state index is -0.453. The maximum absolute atomic E-state index is 14.0. The molecule has 0 unspecified atom stereocenters. The molecule has 7 nitrogen and oxygen atoms in total. The number of ketones is 2. The van der Waals surface area contributed by atoms with Crippen LogP contribution in [0, 0.1) is 21.7 Å². The summed E-state index contributed by atoms with van der Waals surface area (Å²) in [6.07, 6.45) is 7.68. The van der Waals surface area contributed by atoms with Crippen molar-refractivity contribution in [2.75, 3.05) is 0 Å². The summed E-state index contributed by atoms with van der Waals surface area (Å²) in [5.74, 6) is 0.0253. The summed E-state index contributed by atoms with van der Waals surface area (Å²) < 4.78 is 3.31. The van der Waals surface area contributed by atoms with E-state index in [1.54, 1.807) is 0 Å². The van der Waals surface area contributed by atoms with Crippen molar-refractivity contribution in [3.05, 3.63) is 142 Å². The number of aromatic nitrogens is 1. The van der Waals surface area contributed by atoms with E-state index in [1.165, 1.54) is 0 Å². The fourth-order valence-electron chi connectivity index (χ4n) is 6.30. The highest BCUT2D eigenvalue weighted by Crippen LogP contribution is 2.43. The van der Waals surface area contributed by atoms with Crippen molar-refractivity contribution >= 4 is 98.1 Å². The SMILES string of the molecule is CC(C)(C)C1=CC(=C(N=Nc2ccc(Br)cc2Br)c2cccc(C(N=Nc3ccc(Br)cc3Br)=C3C=C(C(C)(C)C)C(=O)C(C(C)(C)C)=C3)n2)C=C(C(C)(C)C)C1=O. The van der Waals surface area contributed by atoms with Crippen molar-refractivity contribution in [2.45, 2.75) is 83.1 Å². The van der Waals surface area contributed by atoms with E-state index < -0.39 is 21.7 Å².